The molecule has 2 atom stereocenters. The van der Waals surface area contributed by atoms with Crippen molar-refractivity contribution in [1.29, 1.82) is 0 Å². The fourth-order valence-electron chi connectivity index (χ4n) is 3.14. The van der Waals surface area contributed by atoms with Crippen molar-refractivity contribution in [3.8, 4) is 5.75 Å². The van der Waals surface area contributed by atoms with Gasteiger partial charge in [-0.3, -0.25) is 0 Å². The Balaban J connectivity index is 2.22. The molecule has 1 saturated carbocycles. The van der Waals surface area contributed by atoms with E-state index >= 15 is 0 Å². The third kappa shape index (κ3) is 3.48. The minimum atomic E-state index is -0.915. The molecule has 1 N–H and O–H groups in total. The van der Waals surface area contributed by atoms with Gasteiger partial charge in [-0.1, -0.05) is 19.9 Å². The number of benzene rings is 1. The maximum Gasteiger partial charge on any atom is 0.340 e. The molecule has 0 heterocycles. The second-order valence-corrected chi connectivity index (χ2v) is 6.64. The van der Waals surface area contributed by atoms with Crippen LogP contribution in [0.1, 0.15) is 43.5 Å². The molecule has 2 rings (SSSR count). The minimum absolute atomic E-state index is 0.129. The van der Waals surface area contributed by atoms with E-state index in [0.29, 0.717) is 23.1 Å². The molecule has 1 fully saturated rings. The zero-order chi connectivity index (χ0) is 14.7. The van der Waals surface area contributed by atoms with Crippen LogP contribution in [0.2, 0.25) is 0 Å². The highest BCUT2D eigenvalue weighted by Gasteiger charge is 2.27. The third-order valence-corrected chi connectivity index (χ3v) is 4.63. The van der Waals surface area contributed by atoms with Crippen molar-refractivity contribution in [2.75, 3.05) is 6.26 Å². The van der Waals surface area contributed by atoms with Crippen LogP contribution in [0, 0.1) is 11.8 Å². The van der Waals surface area contributed by atoms with Crippen LogP contribution >= 0.6 is 11.8 Å². The highest BCUT2D eigenvalue weighted by molar-refractivity contribution is 7.98. The number of ether oxygens (including phenoxy) is 1. The monoisotopic (exact) mass is 294 g/mol. The summed E-state index contributed by atoms with van der Waals surface area (Å²) >= 11 is 1.44. The molecule has 1 aromatic rings. The Morgan fingerprint density at radius 1 is 1.25 bits per heavy atom. The van der Waals surface area contributed by atoms with Crippen molar-refractivity contribution in [2.45, 2.75) is 44.1 Å². The van der Waals surface area contributed by atoms with Crippen molar-refractivity contribution in [3.63, 3.8) is 0 Å². The van der Waals surface area contributed by atoms with Gasteiger partial charge < -0.3 is 9.84 Å². The van der Waals surface area contributed by atoms with Gasteiger partial charge in [0.2, 0.25) is 0 Å². The average molecular weight is 294 g/mol. The zero-order valence-corrected chi connectivity index (χ0v) is 13.1. The molecule has 3 nitrogen and oxygen atoms in total. The van der Waals surface area contributed by atoms with Crippen LogP contribution in [-0.2, 0) is 0 Å². The lowest BCUT2D eigenvalue weighted by Gasteiger charge is -2.32. The van der Waals surface area contributed by atoms with E-state index in [0.717, 1.165) is 17.7 Å². The van der Waals surface area contributed by atoms with Gasteiger partial charge in [-0.25, -0.2) is 4.79 Å². The number of hydrogen-bond donors (Lipinski definition) is 1. The lowest BCUT2D eigenvalue weighted by molar-refractivity contribution is 0.0671. The molecule has 0 bridgehead atoms. The van der Waals surface area contributed by atoms with Crippen LogP contribution in [0.3, 0.4) is 0 Å². The topological polar surface area (TPSA) is 46.5 Å². The summed E-state index contributed by atoms with van der Waals surface area (Å²) < 4.78 is 6.04. The molecule has 0 saturated heterocycles. The number of aromatic carboxylic acids is 1. The van der Waals surface area contributed by atoms with E-state index in [2.05, 4.69) is 13.8 Å². The summed E-state index contributed by atoms with van der Waals surface area (Å²) in [7, 11) is 0. The fraction of sp³-hybridized carbons (Fsp3) is 0.562. The molecule has 2 unspecified atom stereocenters. The first-order valence-electron chi connectivity index (χ1n) is 7.08. The van der Waals surface area contributed by atoms with Crippen LogP contribution in [0.15, 0.2) is 23.1 Å². The summed E-state index contributed by atoms with van der Waals surface area (Å²) in [4.78, 5) is 12.2. The van der Waals surface area contributed by atoms with E-state index in [4.69, 9.17) is 4.74 Å². The third-order valence-electron chi connectivity index (χ3n) is 3.85. The molecule has 0 aromatic heterocycles. The van der Waals surface area contributed by atoms with Crippen LogP contribution in [0.4, 0.5) is 0 Å². The van der Waals surface area contributed by atoms with Crippen molar-refractivity contribution in [3.05, 3.63) is 23.8 Å². The molecule has 0 spiro atoms. The maximum absolute atomic E-state index is 11.5. The molecular formula is C16H22O3S. The Labute approximate surface area is 124 Å². The molecule has 1 aromatic carbocycles. The number of hydrogen-bond acceptors (Lipinski definition) is 3. The normalized spacial score (nSPS) is 26.2. The molecule has 0 aliphatic heterocycles. The standard InChI is InChI=1S/C16H22O3S/c1-10-7-11(2)9-12(8-10)19-13-5-4-6-14(20-3)15(13)16(17)18/h4-6,10-12H,7-9H2,1-3H3,(H,17,18). The van der Waals surface area contributed by atoms with Gasteiger partial charge in [0.15, 0.2) is 0 Å². The van der Waals surface area contributed by atoms with E-state index in [9.17, 15) is 9.90 Å². The highest BCUT2D eigenvalue weighted by Crippen LogP contribution is 2.34. The molecule has 1 aliphatic rings. The van der Waals surface area contributed by atoms with E-state index < -0.39 is 5.97 Å². The first-order valence-corrected chi connectivity index (χ1v) is 8.30. The van der Waals surface area contributed by atoms with Gasteiger partial charge in [-0.2, -0.15) is 0 Å². The van der Waals surface area contributed by atoms with Gasteiger partial charge >= 0.3 is 5.97 Å². The Bertz CT molecular complexity index is 477. The number of carboxylic acids is 1. The van der Waals surface area contributed by atoms with Gasteiger partial charge in [0.05, 0.1) is 6.10 Å². The van der Waals surface area contributed by atoms with Gasteiger partial charge in [0.25, 0.3) is 0 Å². The highest BCUT2D eigenvalue weighted by atomic mass is 32.2. The minimum Gasteiger partial charge on any atom is -0.489 e. The average Bonchev–Trinajstić information content (AvgIpc) is 2.36. The van der Waals surface area contributed by atoms with E-state index in [1.54, 1.807) is 6.07 Å². The lowest BCUT2D eigenvalue weighted by atomic mass is 9.82. The second-order valence-electron chi connectivity index (χ2n) is 5.80. The number of carbonyl (C=O) groups is 1. The summed E-state index contributed by atoms with van der Waals surface area (Å²) in [5.41, 5.74) is 0.297. The second kappa shape index (κ2) is 6.53. The van der Waals surface area contributed by atoms with Crippen molar-refractivity contribution >= 4 is 17.7 Å². The largest absolute Gasteiger partial charge is 0.489 e. The Kier molecular flexibility index (Phi) is 4.97. The fourth-order valence-corrected chi connectivity index (χ4v) is 3.75. The Hall–Kier alpha value is -1.16. The van der Waals surface area contributed by atoms with E-state index in [1.807, 2.05) is 18.4 Å². The van der Waals surface area contributed by atoms with Crippen LogP contribution < -0.4 is 4.74 Å². The maximum atomic E-state index is 11.5. The zero-order valence-electron chi connectivity index (χ0n) is 12.3. The molecule has 4 heteroatoms. The summed E-state index contributed by atoms with van der Waals surface area (Å²) in [5.74, 6) is 0.874. The van der Waals surface area contributed by atoms with E-state index in [1.165, 1.54) is 18.2 Å². The lowest BCUT2D eigenvalue weighted by Crippen LogP contribution is -2.29. The van der Waals surface area contributed by atoms with Crippen LogP contribution in [0.5, 0.6) is 5.75 Å². The van der Waals surface area contributed by atoms with Crippen molar-refractivity contribution in [1.82, 2.24) is 0 Å². The molecule has 0 radical (unpaired) electrons. The Morgan fingerprint density at radius 2 is 1.90 bits per heavy atom. The first kappa shape index (κ1) is 15.2. The first-order chi connectivity index (χ1) is 9.51. The van der Waals surface area contributed by atoms with Gasteiger partial charge in [-0.05, 0) is 49.5 Å². The van der Waals surface area contributed by atoms with Crippen LogP contribution in [0.25, 0.3) is 0 Å². The number of carboxylic acid groups (broad SMARTS) is 1. The summed E-state index contributed by atoms with van der Waals surface area (Å²) in [5, 5.41) is 9.42. The van der Waals surface area contributed by atoms with E-state index in [-0.39, 0.29) is 6.10 Å². The smallest absolute Gasteiger partial charge is 0.340 e. The number of rotatable bonds is 4. The van der Waals surface area contributed by atoms with Gasteiger partial charge in [0, 0.05) is 4.90 Å². The number of thioether (sulfide) groups is 1. The quantitative estimate of drug-likeness (QED) is 0.841. The van der Waals surface area contributed by atoms with Crippen LogP contribution in [-0.4, -0.2) is 23.4 Å². The summed E-state index contributed by atoms with van der Waals surface area (Å²) in [6, 6.07) is 5.46. The Morgan fingerprint density at radius 3 is 2.45 bits per heavy atom. The molecule has 0 amide bonds. The summed E-state index contributed by atoms with van der Waals surface area (Å²) in [6.07, 6.45) is 5.26. The predicted octanol–water partition coefficient (Wildman–Crippen LogP) is 4.31. The van der Waals surface area contributed by atoms with Gasteiger partial charge in [0.1, 0.15) is 11.3 Å². The SMILES string of the molecule is CSc1cccc(OC2CC(C)CC(C)C2)c1C(=O)O. The van der Waals surface area contributed by atoms with Gasteiger partial charge in [-0.15, -0.1) is 11.8 Å². The predicted molar refractivity (Wildman–Crippen MR) is 81.8 cm³/mol. The summed E-state index contributed by atoms with van der Waals surface area (Å²) in [6.45, 7) is 4.48. The molecular weight excluding hydrogens is 272 g/mol. The molecule has 110 valence electrons. The molecule has 20 heavy (non-hydrogen) atoms. The van der Waals surface area contributed by atoms with Crippen molar-refractivity contribution in [2.24, 2.45) is 11.8 Å². The molecule has 1 aliphatic carbocycles. The van der Waals surface area contributed by atoms with Crippen molar-refractivity contribution < 1.29 is 14.6 Å².